The van der Waals surface area contributed by atoms with Crippen LogP contribution in [0.2, 0.25) is 0 Å². The molecule has 200 valence electrons. The molecule has 2 heterocycles. The van der Waals surface area contributed by atoms with E-state index >= 15 is 0 Å². The lowest BCUT2D eigenvalue weighted by Gasteiger charge is -2.29. The Morgan fingerprint density at radius 2 is 1.84 bits per heavy atom. The monoisotopic (exact) mass is 506 g/mol. The maximum Gasteiger partial charge on any atom is 0.234 e. The fourth-order valence-corrected chi connectivity index (χ4v) is 5.09. The van der Waals surface area contributed by atoms with Gasteiger partial charge in [0.25, 0.3) is 0 Å². The van der Waals surface area contributed by atoms with Gasteiger partial charge < -0.3 is 20.3 Å². The van der Waals surface area contributed by atoms with E-state index in [0.29, 0.717) is 45.6 Å². The largest absolute Gasteiger partial charge is 0.493 e. The van der Waals surface area contributed by atoms with Gasteiger partial charge in [-0.3, -0.25) is 14.5 Å². The van der Waals surface area contributed by atoms with Crippen LogP contribution in [0, 0.1) is 0 Å². The maximum absolute atomic E-state index is 12.7. The lowest BCUT2D eigenvalue weighted by atomic mass is 10.0. The molecule has 0 spiro atoms. The molecule has 2 aliphatic heterocycles. The summed E-state index contributed by atoms with van der Waals surface area (Å²) in [5.41, 5.74) is 3.36. The van der Waals surface area contributed by atoms with E-state index in [-0.39, 0.29) is 17.9 Å². The van der Waals surface area contributed by atoms with Crippen LogP contribution in [-0.2, 0) is 29.1 Å². The van der Waals surface area contributed by atoms with Gasteiger partial charge in [0.2, 0.25) is 11.8 Å². The highest BCUT2D eigenvalue weighted by Crippen LogP contribution is 2.24. The van der Waals surface area contributed by atoms with E-state index in [1.165, 1.54) is 5.56 Å². The van der Waals surface area contributed by atoms with E-state index < -0.39 is 0 Å². The molecule has 7 nitrogen and oxygen atoms in total. The van der Waals surface area contributed by atoms with Crippen LogP contribution in [0.25, 0.3) is 0 Å². The number of nitrogens with zero attached hydrogens (tertiary/aromatic N) is 2. The third kappa shape index (κ3) is 9.17. The van der Waals surface area contributed by atoms with Crippen LogP contribution in [0.15, 0.2) is 48.5 Å². The van der Waals surface area contributed by atoms with Crippen molar-refractivity contribution in [3.8, 4) is 5.75 Å². The molecule has 0 atom stereocenters. The minimum absolute atomic E-state index is 0.0550. The van der Waals surface area contributed by atoms with E-state index in [4.69, 9.17) is 4.74 Å². The summed E-state index contributed by atoms with van der Waals surface area (Å²) in [5.74, 6) is 1.05. The number of likely N-dealkylation sites (tertiary alicyclic amines) is 1. The Morgan fingerprint density at radius 3 is 2.65 bits per heavy atom. The molecule has 2 amide bonds. The van der Waals surface area contributed by atoms with Crippen molar-refractivity contribution in [2.24, 2.45) is 0 Å². The topological polar surface area (TPSA) is 73.9 Å². The molecule has 0 aliphatic carbocycles. The average molecular weight is 507 g/mol. The first kappa shape index (κ1) is 27.1. The molecule has 0 aromatic heterocycles. The number of hydrogen-bond acceptors (Lipinski definition) is 5. The highest BCUT2D eigenvalue weighted by atomic mass is 16.5. The number of carbonyl (C=O) groups is 2. The highest BCUT2D eigenvalue weighted by molar-refractivity contribution is 5.78. The summed E-state index contributed by atoms with van der Waals surface area (Å²) in [6.07, 6.45) is 6.13. The van der Waals surface area contributed by atoms with Crippen LogP contribution in [0.4, 0.5) is 0 Å². The number of nitrogens with one attached hydrogen (secondary N) is 2. The van der Waals surface area contributed by atoms with E-state index in [0.717, 1.165) is 62.1 Å². The molecule has 2 aliphatic rings. The molecule has 1 saturated heterocycles. The van der Waals surface area contributed by atoms with Crippen molar-refractivity contribution in [2.75, 3.05) is 39.8 Å². The van der Waals surface area contributed by atoms with Gasteiger partial charge in [0.05, 0.1) is 13.2 Å². The normalized spacial score (nSPS) is 18.9. The lowest BCUT2D eigenvalue weighted by Crippen LogP contribution is -2.43. The summed E-state index contributed by atoms with van der Waals surface area (Å²) in [6, 6.07) is 16.8. The third-order valence-electron chi connectivity index (χ3n) is 7.26. The molecule has 0 unspecified atom stereocenters. The average Bonchev–Trinajstić information content (AvgIpc) is 2.90. The number of ether oxygens (including phenoxy) is 1. The van der Waals surface area contributed by atoms with Crippen molar-refractivity contribution < 1.29 is 14.3 Å². The van der Waals surface area contributed by atoms with Gasteiger partial charge in [-0.05, 0) is 75.9 Å². The SMILES string of the molecule is CN1CCC(NC(=O)CCc2ccc3c(c2)CN(Cc2ccccc2)CC(=O)NCCCCCO3)CC1. The van der Waals surface area contributed by atoms with Crippen molar-refractivity contribution in [1.82, 2.24) is 20.4 Å². The van der Waals surface area contributed by atoms with Gasteiger partial charge in [-0.2, -0.15) is 0 Å². The fraction of sp³-hybridized carbons (Fsp3) is 0.533. The second-order valence-electron chi connectivity index (χ2n) is 10.5. The first-order valence-electron chi connectivity index (χ1n) is 13.8. The summed E-state index contributed by atoms with van der Waals surface area (Å²) in [7, 11) is 2.13. The van der Waals surface area contributed by atoms with Crippen molar-refractivity contribution in [2.45, 2.75) is 64.1 Å². The minimum Gasteiger partial charge on any atom is -0.493 e. The Labute approximate surface area is 221 Å². The Hall–Kier alpha value is -2.90. The fourth-order valence-electron chi connectivity index (χ4n) is 5.09. The van der Waals surface area contributed by atoms with Crippen molar-refractivity contribution in [1.29, 1.82) is 0 Å². The maximum atomic E-state index is 12.7. The second-order valence-corrected chi connectivity index (χ2v) is 10.5. The molecule has 7 heteroatoms. The molecule has 4 rings (SSSR count). The number of aryl methyl sites for hydroxylation is 1. The predicted octanol–water partition coefficient (Wildman–Crippen LogP) is 3.51. The number of fused-ring (bicyclic) bond motifs is 1. The lowest BCUT2D eigenvalue weighted by molar-refractivity contribution is -0.123. The zero-order chi connectivity index (χ0) is 25.9. The molecule has 2 N–H and O–H groups in total. The molecule has 1 fully saturated rings. The smallest absolute Gasteiger partial charge is 0.234 e. The van der Waals surface area contributed by atoms with E-state index in [9.17, 15) is 9.59 Å². The number of rotatable bonds is 6. The Morgan fingerprint density at radius 1 is 1.03 bits per heavy atom. The summed E-state index contributed by atoms with van der Waals surface area (Å²) in [5, 5.41) is 6.29. The molecular weight excluding hydrogens is 464 g/mol. The van der Waals surface area contributed by atoms with E-state index in [2.05, 4.69) is 51.7 Å². The number of amides is 2. The first-order chi connectivity index (χ1) is 18.0. The van der Waals surface area contributed by atoms with Crippen molar-refractivity contribution in [3.63, 3.8) is 0 Å². The zero-order valence-corrected chi connectivity index (χ0v) is 22.2. The highest BCUT2D eigenvalue weighted by Gasteiger charge is 2.19. The Bertz CT molecular complexity index is 1010. The first-order valence-corrected chi connectivity index (χ1v) is 13.8. The zero-order valence-electron chi connectivity index (χ0n) is 22.2. The second kappa shape index (κ2) is 14.1. The Balaban J connectivity index is 1.44. The van der Waals surface area contributed by atoms with Gasteiger partial charge in [-0.15, -0.1) is 0 Å². The van der Waals surface area contributed by atoms with Crippen LogP contribution in [0.3, 0.4) is 0 Å². The summed E-state index contributed by atoms with van der Waals surface area (Å²) in [4.78, 5) is 29.8. The van der Waals surface area contributed by atoms with Gasteiger partial charge in [0.1, 0.15) is 5.75 Å². The number of carbonyl (C=O) groups excluding carboxylic acids is 2. The van der Waals surface area contributed by atoms with Crippen LogP contribution >= 0.6 is 0 Å². The Kier molecular flexibility index (Phi) is 10.4. The quantitative estimate of drug-likeness (QED) is 0.627. The van der Waals surface area contributed by atoms with Gasteiger partial charge in [-0.25, -0.2) is 0 Å². The van der Waals surface area contributed by atoms with Gasteiger partial charge in [0, 0.05) is 37.7 Å². The van der Waals surface area contributed by atoms with Gasteiger partial charge >= 0.3 is 0 Å². The summed E-state index contributed by atoms with van der Waals surface area (Å²) < 4.78 is 6.20. The molecule has 37 heavy (non-hydrogen) atoms. The van der Waals surface area contributed by atoms with Crippen molar-refractivity contribution in [3.05, 3.63) is 65.2 Å². The van der Waals surface area contributed by atoms with Crippen LogP contribution in [0.5, 0.6) is 5.75 Å². The standard InChI is InChI=1S/C30H42N4O3/c1-33-17-14-27(15-18-33)32-29(35)13-11-24-10-12-28-26(20-24)22-34(21-25-8-4-2-5-9-25)23-30(36)31-16-6-3-7-19-37-28/h2,4-5,8-10,12,20,27H,3,6-7,11,13-19,21-23H2,1H3,(H,31,36)(H,32,35). The third-order valence-corrected chi connectivity index (χ3v) is 7.26. The van der Waals surface area contributed by atoms with Gasteiger partial charge in [0.15, 0.2) is 0 Å². The summed E-state index contributed by atoms with van der Waals surface area (Å²) >= 11 is 0. The molecule has 2 aromatic carbocycles. The number of hydrogen-bond donors (Lipinski definition) is 2. The molecule has 2 aromatic rings. The number of benzene rings is 2. The van der Waals surface area contributed by atoms with E-state index in [1.807, 2.05) is 24.3 Å². The molecule has 0 bridgehead atoms. The van der Waals surface area contributed by atoms with Crippen LogP contribution in [0.1, 0.15) is 55.2 Å². The molecule has 0 radical (unpaired) electrons. The number of piperidine rings is 1. The van der Waals surface area contributed by atoms with E-state index in [1.54, 1.807) is 0 Å². The van der Waals surface area contributed by atoms with Crippen LogP contribution < -0.4 is 15.4 Å². The molecular formula is C30H42N4O3. The van der Waals surface area contributed by atoms with Crippen molar-refractivity contribution >= 4 is 11.8 Å². The predicted molar refractivity (Wildman–Crippen MR) is 146 cm³/mol. The summed E-state index contributed by atoms with van der Waals surface area (Å²) in [6.45, 7) is 5.05. The van der Waals surface area contributed by atoms with Crippen LogP contribution in [-0.4, -0.2) is 67.5 Å². The molecule has 0 saturated carbocycles. The minimum atomic E-state index is 0.0550. The van der Waals surface area contributed by atoms with Gasteiger partial charge in [-0.1, -0.05) is 42.5 Å².